The van der Waals surface area contributed by atoms with E-state index in [4.69, 9.17) is 0 Å². The fraction of sp³-hybridized carbons (Fsp3) is 0. The van der Waals surface area contributed by atoms with Crippen LogP contribution in [-0.4, -0.2) is 9.91 Å². The molecule has 6 heteroatoms. The zero-order valence-electron chi connectivity index (χ0n) is 9.51. The van der Waals surface area contributed by atoms with Crippen LogP contribution in [0.25, 0.3) is 21.7 Å². The molecule has 1 N–H and O–H groups in total. The van der Waals surface area contributed by atoms with Crippen molar-refractivity contribution in [3.8, 4) is 0 Å². The lowest BCUT2D eigenvalue weighted by Gasteiger charge is -2.05. The number of H-pyrrole nitrogens is 1. The van der Waals surface area contributed by atoms with E-state index in [-0.39, 0.29) is 11.2 Å². The van der Waals surface area contributed by atoms with Gasteiger partial charge in [-0.1, -0.05) is 22.0 Å². The van der Waals surface area contributed by atoms with E-state index in [2.05, 4.69) is 20.9 Å². The highest BCUT2D eigenvalue weighted by atomic mass is 79.9. The number of hydrogen-bond donors (Lipinski definition) is 1. The summed E-state index contributed by atoms with van der Waals surface area (Å²) in [6.07, 6.45) is 0. The number of hydrogen-bond acceptors (Lipinski definition) is 3. The van der Waals surface area contributed by atoms with Crippen LogP contribution in [0.2, 0.25) is 0 Å². The maximum atomic E-state index is 12.0. The smallest absolute Gasteiger partial charge is 0.270 e. The zero-order valence-corrected chi connectivity index (χ0v) is 11.1. The summed E-state index contributed by atoms with van der Waals surface area (Å²) in [5.41, 5.74) is 0.365. The molecule has 0 aliphatic heterocycles. The van der Waals surface area contributed by atoms with Gasteiger partial charge in [0, 0.05) is 38.3 Å². The Morgan fingerprint density at radius 3 is 2.68 bits per heavy atom. The Kier molecular flexibility index (Phi) is 2.60. The Bertz CT molecular complexity index is 886. The van der Waals surface area contributed by atoms with Gasteiger partial charge >= 0.3 is 0 Å². The third kappa shape index (κ3) is 1.80. The highest BCUT2D eigenvalue weighted by Gasteiger charge is 2.12. The summed E-state index contributed by atoms with van der Waals surface area (Å²) < 4.78 is 0.738. The molecule has 5 nitrogen and oxygen atoms in total. The third-order valence-corrected chi connectivity index (χ3v) is 3.65. The van der Waals surface area contributed by atoms with E-state index in [0.29, 0.717) is 21.7 Å². The first kappa shape index (κ1) is 11.9. The van der Waals surface area contributed by atoms with Gasteiger partial charge in [-0.25, -0.2) is 0 Å². The molecule has 1 heterocycles. The van der Waals surface area contributed by atoms with Crippen LogP contribution < -0.4 is 5.56 Å². The molecular weight excluding hydrogens is 312 g/mol. The molecule has 19 heavy (non-hydrogen) atoms. The quantitative estimate of drug-likeness (QED) is 0.424. The lowest BCUT2D eigenvalue weighted by Crippen LogP contribution is -2.06. The Balaban J connectivity index is 2.59. The summed E-state index contributed by atoms with van der Waals surface area (Å²) >= 11 is 3.39. The number of non-ortho nitro benzene ring substituents is 1. The second-order valence-electron chi connectivity index (χ2n) is 4.10. The van der Waals surface area contributed by atoms with Gasteiger partial charge in [0.1, 0.15) is 0 Å². The standard InChI is InChI=1S/C13H7BrN2O3/c14-10-3-1-2-8-12(10)9-6-7(16(18)19)4-5-11(9)15-13(8)17/h1-6H,(H,15,17). The van der Waals surface area contributed by atoms with Crippen molar-refractivity contribution < 1.29 is 4.92 Å². The summed E-state index contributed by atoms with van der Waals surface area (Å²) in [6.45, 7) is 0. The molecule has 0 saturated heterocycles. The molecule has 0 fully saturated rings. The van der Waals surface area contributed by atoms with Crippen LogP contribution >= 0.6 is 15.9 Å². The number of aromatic amines is 1. The average Bonchev–Trinajstić information content (AvgIpc) is 2.38. The Morgan fingerprint density at radius 1 is 1.16 bits per heavy atom. The first-order valence-electron chi connectivity index (χ1n) is 5.46. The third-order valence-electron chi connectivity index (χ3n) is 2.99. The number of benzene rings is 2. The molecule has 1 aromatic heterocycles. The number of fused-ring (bicyclic) bond motifs is 3. The van der Waals surface area contributed by atoms with E-state index in [1.54, 1.807) is 24.3 Å². The predicted octanol–water partition coefficient (Wildman–Crippen LogP) is 3.35. The van der Waals surface area contributed by atoms with Crippen molar-refractivity contribution in [2.75, 3.05) is 0 Å². The van der Waals surface area contributed by atoms with Crippen molar-refractivity contribution in [1.29, 1.82) is 0 Å². The monoisotopic (exact) mass is 318 g/mol. The Hall–Kier alpha value is -2.21. The highest BCUT2D eigenvalue weighted by Crippen LogP contribution is 2.30. The Morgan fingerprint density at radius 2 is 1.95 bits per heavy atom. The van der Waals surface area contributed by atoms with Gasteiger partial charge in [-0.2, -0.15) is 0 Å². The number of rotatable bonds is 1. The number of nitrogens with zero attached hydrogens (tertiary/aromatic N) is 1. The topological polar surface area (TPSA) is 76.0 Å². The first-order valence-corrected chi connectivity index (χ1v) is 6.26. The normalized spacial score (nSPS) is 11.0. The van der Waals surface area contributed by atoms with E-state index < -0.39 is 4.92 Å². The number of nitro benzene ring substituents is 1. The van der Waals surface area contributed by atoms with Crippen molar-refractivity contribution in [3.05, 3.63) is 61.3 Å². The second-order valence-corrected chi connectivity index (χ2v) is 4.96. The van der Waals surface area contributed by atoms with Crippen molar-refractivity contribution >= 4 is 43.3 Å². The van der Waals surface area contributed by atoms with Crippen molar-refractivity contribution in [2.24, 2.45) is 0 Å². The van der Waals surface area contributed by atoms with Crippen LogP contribution in [0.1, 0.15) is 0 Å². The van der Waals surface area contributed by atoms with Crippen LogP contribution in [0.3, 0.4) is 0 Å². The highest BCUT2D eigenvalue weighted by molar-refractivity contribution is 9.10. The van der Waals surface area contributed by atoms with E-state index in [1.807, 2.05) is 0 Å². The summed E-state index contributed by atoms with van der Waals surface area (Å²) in [4.78, 5) is 25.1. The minimum Gasteiger partial charge on any atom is -0.321 e. The largest absolute Gasteiger partial charge is 0.321 e. The summed E-state index contributed by atoms with van der Waals surface area (Å²) in [6, 6.07) is 9.65. The number of nitrogens with one attached hydrogen (secondary N) is 1. The summed E-state index contributed by atoms with van der Waals surface area (Å²) in [7, 11) is 0. The lowest BCUT2D eigenvalue weighted by molar-refractivity contribution is -0.384. The number of pyridine rings is 1. The molecule has 0 aliphatic carbocycles. The maximum absolute atomic E-state index is 12.0. The van der Waals surface area contributed by atoms with Gasteiger partial charge in [-0.3, -0.25) is 14.9 Å². The molecule has 94 valence electrons. The number of aromatic nitrogens is 1. The van der Waals surface area contributed by atoms with Gasteiger partial charge in [-0.05, 0) is 18.2 Å². The van der Waals surface area contributed by atoms with Crippen molar-refractivity contribution in [1.82, 2.24) is 4.98 Å². The van der Waals surface area contributed by atoms with E-state index >= 15 is 0 Å². The molecular formula is C13H7BrN2O3. The van der Waals surface area contributed by atoms with Crippen LogP contribution in [0.15, 0.2) is 45.7 Å². The molecule has 2 aromatic carbocycles. The zero-order chi connectivity index (χ0) is 13.6. The molecule has 0 atom stereocenters. The van der Waals surface area contributed by atoms with Crippen LogP contribution in [0.4, 0.5) is 5.69 Å². The molecule has 0 unspecified atom stereocenters. The number of nitro groups is 1. The first-order chi connectivity index (χ1) is 9.08. The SMILES string of the molecule is O=c1[nH]c2ccc([N+](=O)[O-])cc2c2c(Br)cccc12. The van der Waals surface area contributed by atoms with Crippen LogP contribution in [-0.2, 0) is 0 Å². The van der Waals surface area contributed by atoms with Gasteiger partial charge < -0.3 is 4.98 Å². The molecule has 3 aromatic rings. The minimum atomic E-state index is -0.451. The fourth-order valence-corrected chi connectivity index (χ4v) is 2.72. The van der Waals surface area contributed by atoms with Gasteiger partial charge in [-0.15, -0.1) is 0 Å². The molecule has 0 amide bonds. The lowest BCUT2D eigenvalue weighted by atomic mass is 10.1. The summed E-state index contributed by atoms with van der Waals surface area (Å²) in [5, 5.41) is 12.7. The van der Waals surface area contributed by atoms with Gasteiger partial charge in [0.05, 0.1) is 4.92 Å². The van der Waals surface area contributed by atoms with Crippen LogP contribution in [0, 0.1) is 10.1 Å². The van der Waals surface area contributed by atoms with Crippen LogP contribution in [0.5, 0.6) is 0 Å². The van der Waals surface area contributed by atoms with Gasteiger partial charge in [0.25, 0.3) is 11.2 Å². The molecule has 0 spiro atoms. The molecule has 0 bridgehead atoms. The fourth-order valence-electron chi connectivity index (χ4n) is 2.14. The molecule has 0 saturated carbocycles. The van der Waals surface area contributed by atoms with Crippen molar-refractivity contribution in [3.63, 3.8) is 0 Å². The molecule has 0 aliphatic rings. The van der Waals surface area contributed by atoms with Gasteiger partial charge in [0.2, 0.25) is 0 Å². The Labute approximate surface area is 115 Å². The van der Waals surface area contributed by atoms with E-state index in [9.17, 15) is 14.9 Å². The number of halogens is 1. The van der Waals surface area contributed by atoms with E-state index in [1.165, 1.54) is 12.1 Å². The minimum absolute atomic E-state index is 0.00315. The molecule has 0 radical (unpaired) electrons. The maximum Gasteiger partial charge on any atom is 0.270 e. The predicted molar refractivity (Wildman–Crippen MR) is 76.4 cm³/mol. The van der Waals surface area contributed by atoms with Gasteiger partial charge in [0.15, 0.2) is 0 Å². The summed E-state index contributed by atoms with van der Waals surface area (Å²) in [5.74, 6) is 0. The second kappa shape index (κ2) is 4.17. The van der Waals surface area contributed by atoms with E-state index in [0.717, 1.165) is 4.47 Å². The average molecular weight is 319 g/mol. The van der Waals surface area contributed by atoms with Crippen molar-refractivity contribution in [2.45, 2.75) is 0 Å². The molecule has 3 rings (SSSR count).